The largest absolute Gasteiger partial charge is 0.253 e. The van der Waals surface area contributed by atoms with Crippen LogP contribution in [0.4, 0.5) is 24.3 Å². The summed E-state index contributed by atoms with van der Waals surface area (Å²) in [6.45, 7) is 0. The molecule has 1 aromatic rings. The van der Waals surface area contributed by atoms with Crippen LogP contribution in [0.1, 0.15) is 0 Å². The molecule has 0 saturated carbocycles. The van der Waals surface area contributed by atoms with Crippen LogP contribution in [-0.4, -0.2) is 0 Å². The number of benzene rings is 1. The monoisotopic (exact) mass is 256 g/mol. The van der Waals surface area contributed by atoms with Crippen molar-refractivity contribution >= 4 is 19.7 Å². The van der Waals surface area contributed by atoms with Crippen LogP contribution in [0.5, 0.6) is 0 Å². The Morgan fingerprint density at radius 1 is 0.929 bits per heavy atom. The zero-order valence-corrected chi connectivity index (χ0v) is 7.86. The molecule has 8 heteroatoms. The molecule has 14 heavy (non-hydrogen) atoms. The van der Waals surface area contributed by atoms with Crippen LogP contribution in [0, 0.1) is 11.6 Å². The van der Waals surface area contributed by atoms with E-state index in [0.717, 1.165) is 0 Å². The lowest BCUT2D eigenvalue weighted by Crippen LogP contribution is -2.05. The second-order valence-electron chi connectivity index (χ2n) is 2.54. The second-order valence-corrected chi connectivity index (χ2v) is 6.82. The molecule has 0 aliphatic carbocycles. The highest BCUT2D eigenvalue weighted by molar-refractivity contribution is 8.65. The van der Waals surface area contributed by atoms with Crippen molar-refractivity contribution in [2.24, 2.45) is 0 Å². The van der Waals surface area contributed by atoms with E-state index in [9.17, 15) is 24.3 Å². The van der Waals surface area contributed by atoms with Crippen LogP contribution >= 0.6 is 19.7 Å². The Morgan fingerprint density at radius 3 is 1.79 bits per heavy atom. The number of rotatable bonds is 1. The minimum Gasteiger partial charge on any atom is -0.204 e. The molecule has 0 spiro atoms. The van der Waals surface area contributed by atoms with Gasteiger partial charge in [0, 0.05) is 10.7 Å². The summed E-state index contributed by atoms with van der Waals surface area (Å²) in [5, 5.41) is 0. The molecule has 0 aromatic heterocycles. The van der Waals surface area contributed by atoms with Crippen LogP contribution in [-0.2, 0) is 0 Å². The van der Waals surface area contributed by atoms with E-state index in [2.05, 4.69) is 10.7 Å². The lowest BCUT2D eigenvalue weighted by atomic mass is 10.3. The van der Waals surface area contributed by atoms with Gasteiger partial charge >= 0.3 is 0 Å². The number of hydrogen-bond acceptors (Lipinski definition) is 0. The maximum absolute atomic E-state index is 12.4. The van der Waals surface area contributed by atoms with Gasteiger partial charge in [-0.05, 0) is 18.2 Å². The second kappa shape index (κ2) is 2.33. The lowest BCUT2D eigenvalue weighted by Gasteiger charge is -2.42. The zero-order valence-electron chi connectivity index (χ0n) is 6.29. The third-order valence-corrected chi connectivity index (χ3v) is 3.02. The predicted octanol–water partition coefficient (Wildman–Crippen LogP) is 4.89. The molecule has 0 nitrogen and oxygen atoms in total. The summed E-state index contributed by atoms with van der Waals surface area (Å²) in [5.41, 5.74) is 0. The fraction of sp³-hybridized carbons (Fsp3) is 0. The molecule has 0 atom stereocenters. The van der Waals surface area contributed by atoms with Crippen molar-refractivity contribution in [2.45, 2.75) is 4.90 Å². The van der Waals surface area contributed by atoms with Gasteiger partial charge in [0.2, 0.25) is 0 Å². The van der Waals surface area contributed by atoms with E-state index in [-0.39, 0.29) is 18.2 Å². The van der Waals surface area contributed by atoms with Crippen LogP contribution in [0.2, 0.25) is 0 Å². The van der Waals surface area contributed by atoms with Gasteiger partial charge < -0.3 is 0 Å². The first-order valence-corrected chi connectivity index (χ1v) is 5.97. The minimum absolute atomic E-state index is 0.0486. The predicted molar refractivity (Wildman–Crippen MR) is 42.5 cm³/mol. The summed E-state index contributed by atoms with van der Waals surface area (Å²) in [6, 6.07) is -0.109. The van der Waals surface area contributed by atoms with Crippen molar-refractivity contribution in [1.82, 2.24) is 0 Å². The average Bonchev–Trinajstić information content (AvgIpc) is 1.89. The Bertz CT molecular complexity index is 382. The summed E-state index contributed by atoms with van der Waals surface area (Å²) in [6.07, 6.45) is 0. The SMILES string of the molecule is Fc1ccc(S(F)(F)(F)(F)Cl)cc1F. The Hall–Kier alpha value is -0.560. The summed E-state index contributed by atoms with van der Waals surface area (Å²) in [5.74, 6) is -3.31. The standard InChI is InChI=1S/C6H3ClF6S/c7-14(10,11,12,13)4-1-2-5(8)6(9)3-4/h1-3H. The average molecular weight is 257 g/mol. The topological polar surface area (TPSA) is 0 Å². The first kappa shape index (κ1) is 11.5. The highest BCUT2D eigenvalue weighted by Crippen LogP contribution is 3.04. The third-order valence-electron chi connectivity index (χ3n) is 1.34. The molecule has 0 radical (unpaired) electrons. The summed E-state index contributed by atoms with van der Waals surface area (Å²) in [4.78, 5) is -2.01. The molecule has 1 rings (SSSR count). The van der Waals surface area contributed by atoms with Crippen molar-refractivity contribution in [3.8, 4) is 0 Å². The number of halogens is 7. The smallest absolute Gasteiger partial charge is 0.204 e. The fourth-order valence-corrected chi connectivity index (χ4v) is 1.66. The summed E-state index contributed by atoms with van der Waals surface area (Å²) < 4.78 is 74.2. The van der Waals surface area contributed by atoms with Gasteiger partial charge in [0.05, 0.1) is 4.90 Å². The molecule has 0 bridgehead atoms. The maximum atomic E-state index is 12.4. The lowest BCUT2D eigenvalue weighted by molar-refractivity contribution is 0.470. The molecule has 0 amide bonds. The molecular weight excluding hydrogens is 254 g/mol. The number of hydrogen-bond donors (Lipinski definition) is 0. The van der Waals surface area contributed by atoms with Gasteiger partial charge in [-0.25, -0.2) is 8.78 Å². The van der Waals surface area contributed by atoms with Gasteiger partial charge in [-0.1, -0.05) is 0 Å². The van der Waals surface area contributed by atoms with Gasteiger partial charge in [0.1, 0.15) is 0 Å². The normalized spacial score (nSPS) is 17.4. The van der Waals surface area contributed by atoms with Crippen molar-refractivity contribution in [1.29, 1.82) is 0 Å². The highest BCUT2D eigenvalue weighted by Gasteiger charge is 2.63. The van der Waals surface area contributed by atoms with Gasteiger partial charge in [0.25, 0.3) is 9.05 Å². The first-order chi connectivity index (χ1) is 5.90. The van der Waals surface area contributed by atoms with E-state index in [0.29, 0.717) is 0 Å². The van der Waals surface area contributed by atoms with Crippen LogP contribution in [0.25, 0.3) is 0 Å². The summed E-state index contributed by atoms with van der Waals surface area (Å²) >= 11 is 0. The maximum Gasteiger partial charge on any atom is 0.253 e. The Morgan fingerprint density at radius 2 is 1.43 bits per heavy atom. The van der Waals surface area contributed by atoms with E-state index in [4.69, 9.17) is 0 Å². The van der Waals surface area contributed by atoms with Crippen molar-refractivity contribution in [3.05, 3.63) is 29.8 Å². The van der Waals surface area contributed by atoms with E-state index in [1.54, 1.807) is 0 Å². The van der Waals surface area contributed by atoms with Crippen LogP contribution in [0.15, 0.2) is 23.1 Å². The van der Waals surface area contributed by atoms with E-state index < -0.39 is 25.6 Å². The zero-order chi connectivity index (χ0) is 11.3. The van der Waals surface area contributed by atoms with Crippen molar-refractivity contribution in [3.63, 3.8) is 0 Å². The van der Waals surface area contributed by atoms with Gasteiger partial charge in [-0.2, -0.15) is 0 Å². The molecule has 1 aromatic carbocycles. The van der Waals surface area contributed by atoms with E-state index >= 15 is 0 Å². The van der Waals surface area contributed by atoms with Crippen molar-refractivity contribution < 1.29 is 24.3 Å². The molecule has 0 unspecified atom stereocenters. The molecule has 0 heterocycles. The fourth-order valence-electron chi connectivity index (χ4n) is 0.717. The molecule has 0 aliphatic rings. The molecule has 0 aliphatic heterocycles. The van der Waals surface area contributed by atoms with Crippen molar-refractivity contribution in [2.75, 3.05) is 0 Å². The molecule has 0 fully saturated rings. The Kier molecular flexibility index (Phi) is 1.92. The van der Waals surface area contributed by atoms with E-state index in [1.807, 2.05) is 0 Å². The van der Waals surface area contributed by atoms with Gasteiger partial charge in [-0.3, -0.25) is 0 Å². The Balaban J connectivity index is 3.45. The van der Waals surface area contributed by atoms with Crippen LogP contribution < -0.4 is 0 Å². The molecule has 0 saturated heterocycles. The molecule has 0 N–H and O–H groups in total. The molecular formula is C6H3ClF6S. The Labute approximate surface area is 79.4 Å². The molecule has 82 valence electrons. The minimum atomic E-state index is -8.92. The van der Waals surface area contributed by atoms with E-state index in [1.165, 1.54) is 0 Å². The quantitative estimate of drug-likeness (QED) is 0.628. The third kappa shape index (κ3) is 2.48. The highest BCUT2D eigenvalue weighted by atomic mass is 35.7. The summed E-state index contributed by atoms with van der Waals surface area (Å²) in [7, 11) is -5.07. The first-order valence-electron chi connectivity index (χ1n) is 3.09. The van der Waals surface area contributed by atoms with Gasteiger partial charge in [-0.15, -0.1) is 15.5 Å². The van der Waals surface area contributed by atoms with Gasteiger partial charge in [0.15, 0.2) is 11.6 Å². The van der Waals surface area contributed by atoms with Crippen LogP contribution in [0.3, 0.4) is 0 Å².